The van der Waals surface area contributed by atoms with Gasteiger partial charge < -0.3 is 19.9 Å². The van der Waals surface area contributed by atoms with E-state index in [1.165, 1.54) is 37.5 Å². The van der Waals surface area contributed by atoms with E-state index in [1.54, 1.807) is 30.3 Å². The molecule has 0 aliphatic carbocycles. The van der Waals surface area contributed by atoms with Crippen molar-refractivity contribution >= 4 is 35.2 Å². The first kappa shape index (κ1) is 23.4. The lowest BCUT2D eigenvalue weighted by molar-refractivity contribution is -0.112. The quantitative estimate of drug-likeness (QED) is 0.353. The fourth-order valence-corrected chi connectivity index (χ4v) is 3.01. The molecule has 7 nitrogen and oxygen atoms in total. The number of nitrogens with one attached hydrogen (secondary N) is 1. The Morgan fingerprint density at radius 1 is 1.09 bits per heavy atom. The van der Waals surface area contributed by atoms with E-state index in [9.17, 15) is 14.9 Å². The van der Waals surface area contributed by atoms with E-state index in [-0.39, 0.29) is 23.4 Å². The number of hydrogen-bond acceptors (Lipinski definition) is 5. The first-order chi connectivity index (χ1) is 15.9. The van der Waals surface area contributed by atoms with E-state index in [4.69, 9.17) is 26.2 Å². The molecule has 0 fully saturated rings. The van der Waals surface area contributed by atoms with Gasteiger partial charge in [0.2, 0.25) is 0 Å². The lowest BCUT2D eigenvalue weighted by atomic mass is 10.1. The second kappa shape index (κ2) is 10.8. The van der Waals surface area contributed by atoms with Crippen LogP contribution in [0.3, 0.4) is 0 Å². The number of carbonyl (C=O) groups excluding carboxylic acids is 1. The SMILES string of the molecule is COc1ccc(/C=C(/C#N)C(=O)Nc2cccc(C(=O)O)c2)cc1OCc1ccc(Cl)cc1. The highest BCUT2D eigenvalue weighted by atomic mass is 35.5. The number of nitrogens with zero attached hydrogens (tertiary/aromatic N) is 1. The van der Waals surface area contributed by atoms with Gasteiger partial charge in [-0.05, 0) is 59.7 Å². The van der Waals surface area contributed by atoms with Crippen LogP contribution < -0.4 is 14.8 Å². The molecule has 0 radical (unpaired) electrons. The van der Waals surface area contributed by atoms with Crippen LogP contribution >= 0.6 is 11.6 Å². The number of hydrogen-bond donors (Lipinski definition) is 2. The maximum absolute atomic E-state index is 12.6. The number of ether oxygens (including phenoxy) is 2. The molecule has 166 valence electrons. The zero-order valence-corrected chi connectivity index (χ0v) is 18.3. The maximum Gasteiger partial charge on any atom is 0.335 e. The van der Waals surface area contributed by atoms with Gasteiger partial charge in [-0.2, -0.15) is 5.26 Å². The van der Waals surface area contributed by atoms with E-state index in [1.807, 2.05) is 18.2 Å². The van der Waals surface area contributed by atoms with Crippen LogP contribution in [0.5, 0.6) is 11.5 Å². The standard InChI is InChI=1S/C25H19ClN2O5/c1-32-22-10-7-17(12-23(22)33-15-16-5-8-20(26)9-6-16)11-19(14-27)24(29)28-21-4-2-3-18(13-21)25(30)31/h2-13H,15H2,1H3,(H,28,29)(H,30,31)/b19-11-. The summed E-state index contributed by atoms with van der Waals surface area (Å²) in [5.74, 6) is -0.853. The van der Waals surface area contributed by atoms with Gasteiger partial charge in [-0.3, -0.25) is 4.79 Å². The number of carboxylic acid groups (broad SMARTS) is 1. The molecule has 0 saturated carbocycles. The third-order valence-corrected chi connectivity index (χ3v) is 4.79. The van der Waals surface area contributed by atoms with E-state index < -0.39 is 11.9 Å². The number of aromatic carboxylic acids is 1. The molecule has 1 amide bonds. The van der Waals surface area contributed by atoms with Gasteiger partial charge >= 0.3 is 5.97 Å². The van der Waals surface area contributed by atoms with Crippen molar-refractivity contribution in [2.24, 2.45) is 0 Å². The summed E-state index contributed by atoms with van der Waals surface area (Å²) in [6.45, 7) is 0.270. The van der Waals surface area contributed by atoms with E-state index in [0.717, 1.165) is 5.56 Å². The van der Waals surface area contributed by atoms with Crippen LogP contribution in [0.4, 0.5) is 5.69 Å². The Morgan fingerprint density at radius 2 is 1.85 bits per heavy atom. The topological polar surface area (TPSA) is 109 Å². The van der Waals surface area contributed by atoms with Crippen LogP contribution in [0.15, 0.2) is 72.3 Å². The average Bonchev–Trinajstić information content (AvgIpc) is 2.82. The summed E-state index contributed by atoms with van der Waals surface area (Å²) in [7, 11) is 1.51. The van der Waals surface area contributed by atoms with Crippen molar-refractivity contribution in [3.63, 3.8) is 0 Å². The summed E-state index contributed by atoms with van der Waals surface area (Å²) >= 11 is 5.91. The number of rotatable bonds is 8. The Labute approximate surface area is 195 Å². The predicted octanol–water partition coefficient (Wildman–Crippen LogP) is 5.17. The highest BCUT2D eigenvalue weighted by Crippen LogP contribution is 2.30. The van der Waals surface area contributed by atoms with Crippen LogP contribution in [0.2, 0.25) is 5.02 Å². The minimum absolute atomic E-state index is 0.0212. The number of methoxy groups -OCH3 is 1. The molecule has 0 spiro atoms. The Morgan fingerprint density at radius 3 is 2.52 bits per heavy atom. The van der Waals surface area contributed by atoms with Crippen molar-refractivity contribution in [1.29, 1.82) is 5.26 Å². The van der Waals surface area contributed by atoms with Gasteiger partial charge in [0.15, 0.2) is 11.5 Å². The molecule has 0 bridgehead atoms. The molecule has 0 saturated heterocycles. The highest BCUT2D eigenvalue weighted by molar-refractivity contribution is 6.30. The van der Waals surface area contributed by atoms with Gasteiger partial charge in [0, 0.05) is 10.7 Å². The molecule has 3 aromatic rings. The van der Waals surface area contributed by atoms with E-state index in [2.05, 4.69) is 5.32 Å². The maximum atomic E-state index is 12.6. The number of halogens is 1. The molecule has 0 heterocycles. The fraction of sp³-hybridized carbons (Fsp3) is 0.0800. The summed E-state index contributed by atoms with van der Waals surface area (Å²) in [6.07, 6.45) is 1.41. The van der Waals surface area contributed by atoms with Crippen molar-refractivity contribution in [2.75, 3.05) is 12.4 Å². The first-order valence-corrected chi connectivity index (χ1v) is 10.1. The number of benzene rings is 3. The van der Waals surface area contributed by atoms with Gasteiger partial charge in [-0.1, -0.05) is 35.9 Å². The molecule has 0 aliphatic heterocycles. The number of anilines is 1. The minimum atomic E-state index is -1.12. The lowest BCUT2D eigenvalue weighted by Gasteiger charge is -2.12. The Kier molecular flexibility index (Phi) is 7.68. The van der Waals surface area contributed by atoms with E-state index >= 15 is 0 Å². The third-order valence-electron chi connectivity index (χ3n) is 4.54. The molecule has 0 aliphatic rings. The Balaban J connectivity index is 1.79. The molecule has 3 rings (SSSR count). The monoisotopic (exact) mass is 462 g/mol. The molecule has 0 atom stereocenters. The number of amides is 1. The zero-order valence-electron chi connectivity index (χ0n) is 17.5. The van der Waals surface area contributed by atoms with Crippen molar-refractivity contribution in [3.8, 4) is 17.6 Å². The molecule has 3 aromatic carbocycles. The van der Waals surface area contributed by atoms with Crippen LogP contribution in [0, 0.1) is 11.3 Å². The minimum Gasteiger partial charge on any atom is -0.493 e. The Hall–Kier alpha value is -4.28. The number of carboxylic acids is 1. The summed E-state index contributed by atoms with van der Waals surface area (Å²) in [5.41, 5.74) is 1.58. The fourth-order valence-electron chi connectivity index (χ4n) is 2.88. The largest absolute Gasteiger partial charge is 0.493 e. The molecular weight excluding hydrogens is 444 g/mol. The molecule has 2 N–H and O–H groups in total. The van der Waals surface area contributed by atoms with Gasteiger partial charge in [0.25, 0.3) is 5.91 Å². The van der Waals surface area contributed by atoms with Crippen LogP contribution in [-0.2, 0) is 11.4 Å². The summed E-state index contributed by atoms with van der Waals surface area (Å²) in [6, 6.07) is 19.9. The van der Waals surface area contributed by atoms with Crippen LogP contribution in [-0.4, -0.2) is 24.1 Å². The normalized spacial score (nSPS) is 10.8. The van der Waals surface area contributed by atoms with Crippen LogP contribution in [0.1, 0.15) is 21.5 Å². The highest BCUT2D eigenvalue weighted by Gasteiger charge is 2.13. The molecule has 33 heavy (non-hydrogen) atoms. The zero-order chi connectivity index (χ0) is 23.8. The summed E-state index contributed by atoms with van der Waals surface area (Å²) in [5, 5.41) is 21.7. The molecule has 0 unspecified atom stereocenters. The predicted molar refractivity (Wildman–Crippen MR) is 124 cm³/mol. The van der Waals surface area contributed by atoms with Crippen molar-refractivity contribution in [3.05, 3.63) is 94.0 Å². The van der Waals surface area contributed by atoms with Gasteiger partial charge in [0.05, 0.1) is 12.7 Å². The van der Waals surface area contributed by atoms with Crippen LogP contribution in [0.25, 0.3) is 6.08 Å². The average molecular weight is 463 g/mol. The first-order valence-electron chi connectivity index (χ1n) is 9.71. The number of nitriles is 1. The molecular formula is C25H19ClN2O5. The Bertz CT molecular complexity index is 1250. The lowest BCUT2D eigenvalue weighted by Crippen LogP contribution is -2.14. The van der Waals surface area contributed by atoms with Gasteiger partial charge in [0.1, 0.15) is 18.2 Å². The van der Waals surface area contributed by atoms with Gasteiger partial charge in [-0.25, -0.2) is 4.79 Å². The summed E-state index contributed by atoms with van der Waals surface area (Å²) < 4.78 is 11.2. The number of carbonyl (C=O) groups is 2. The van der Waals surface area contributed by atoms with Gasteiger partial charge in [-0.15, -0.1) is 0 Å². The molecule has 0 aromatic heterocycles. The van der Waals surface area contributed by atoms with Crippen molar-refractivity contribution < 1.29 is 24.2 Å². The smallest absolute Gasteiger partial charge is 0.335 e. The van der Waals surface area contributed by atoms with Crippen molar-refractivity contribution in [2.45, 2.75) is 6.61 Å². The molecule has 8 heteroatoms. The van der Waals surface area contributed by atoms with Crippen molar-refractivity contribution in [1.82, 2.24) is 0 Å². The van der Waals surface area contributed by atoms with E-state index in [0.29, 0.717) is 22.1 Å². The second-order valence-corrected chi connectivity index (χ2v) is 7.27. The summed E-state index contributed by atoms with van der Waals surface area (Å²) in [4.78, 5) is 23.7. The third kappa shape index (κ3) is 6.35. The second-order valence-electron chi connectivity index (χ2n) is 6.84.